The van der Waals surface area contributed by atoms with Gasteiger partial charge in [-0.25, -0.2) is 9.97 Å². The molecule has 60 heavy (non-hydrogen) atoms. The molecule has 0 fully saturated rings. The molecule has 0 amide bonds. The Morgan fingerprint density at radius 3 is 1.62 bits per heavy atom. The lowest BCUT2D eigenvalue weighted by Crippen LogP contribution is -2.07. The second-order valence-corrected chi connectivity index (χ2v) is 15.2. The lowest BCUT2D eigenvalue weighted by Gasteiger charge is -2.17. The molecule has 0 aliphatic carbocycles. The molecule has 4 heterocycles. The number of para-hydroxylation sites is 2. The summed E-state index contributed by atoms with van der Waals surface area (Å²) in [4.78, 5) is 15.9. The molecule has 5 nitrogen and oxygen atoms in total. The summed E-state index contributed by atoms with van der Waals surface area (Å²) < 4.78 is 4.67. The number of fused-ring (bicyclic) bond motifs is 8. The van der Waals surface area contributed by atoms with E-state index in [1.165, 1.54) is 32.6 Å². The molecule has 0 aliphatic rings. The zero-order valence-corrected chi connectivity index (χ0v) is 32.4. The molecule has 0 radical (unpaired) electrons. The third-order valence-corrected chi connectivity index (χ3v) is 11.8. The Kier molecular flexibility index (Phi) is 7.78. The number of benzene rings is 8. The van der Waals surface area contributed by atoms with Crippen LogP contribution in [0.15, 0.2) is 212 Å². The maximum atomic E-state index is 5.59. The van der Waals surface area contributed by atoms with Gasteiger partial charge in [0.25, 0.3) is 0 Å². The van der Waals surface area contributed by atoms with Gasteiger partial charge in [-0.05, 0) is 82.6 Å². The average Bonchev–Trinajstić information content (AvgIpc) is 3.84. The highest BCUT2D eigenvalue weighted by Gasteiger charge is 2.24. The first-order chi connectivity index (χ1) is 29.8. The van der Waals surface area contributed by atoms with Gasteiger partial charge in [-0.1, -0.05) is 146 Å². The summed E-state index contributed by atoms with van der Waals surface area (Å²) in [7, 11) is 0. The highest BCUT2D eigenvalue weighted by atomic mass is 15.1. The topological polar surface area (TPSA) is 48.5 Å². The van der Waals surface area contributed by atoms with Crippen molar-refractivity contribution in [2.75, 3.05) is 0 Å². The molecule has 12 rings (SSSR count). The van der Waals surface area contributed by atoms with Crippen LogP contribution < -0.4 is 0 Å². The van der Waals surface area contributed by atoms with Crippen LogP contribution in [0.2, 0.25) is 0 Å². The number of aromatic nitrogens is 5. The average molecular weight is 766 g/mol. The second-order valence-electron chi connectivity index (χ2n) is 15.2. The van der Waals surface area contributed by atoms with E-state index in [2.05, 4.69) is 173 Å². The zero-order valence-electron chi connectivity index (χ0n) is 32.4. The number of hydrogen-bond acceptors (Lipinski definition) is 3. The molecule has 5 heteroatoms. The second kappa shape index (κ2) is 13.8. The minimum atomic E-state index is 0.716. The van der Waals surface area contributed by atoms with E-state index in [0.717, 1.165) is 72.6 Å². The van der Waals surface area contributed by atoms with E-state index < -0.39 is 0 Å². The van der Waals surface area contributed by atoms with E-state index in [1.807, 2.05) is 48.7 Å². The van der Waals surface area contributed by atoms with Gasteiger partial charge in [0, 0.05) is 44.6 Å². The van der Waals surface area contributed by atoms with Crippen molar-refractivity contribution in [1.29, 1.82) is 0 Å². The van der Waals surface area contributed by atoms with Crippen molar-refractivity contribution in [3.05, 3.63) is 212 Å². The Balaban J connectivity index is 1.11. The molecule has 12 aromatic rings. The third kappa shape index (κ3) is 5.37. The Morgan fingerprint density at radius 2 is 0.900 bits per heavy atom. The molecule has 0 saturated carbocycles. The molecular weight excluding hydrogens is 731 g/mol. The van der Waals surface area contributed by atoms with Gasteiger partial charge in [-0.3, -0.25) is 9.55 Å². The molecule has 4 aromatic heterocycles. The van der Waals surface area contributed by atoms with Crippen LogP contribution in [0.3, 0.4) is 0 Å². The Morgan fingerprint density at radius 1 is 0.333 bits per heavy atom. The predicted octanol–water partition coefficient (Wildman–Crippen LogP) is 13.9. The van der Waals surface area contributed by atoms with Gasteiger partial charge in [0.1, 0.15) is 5.69 Å². The van der Waals surface area contributed by atoms with E-state index >= 15 is 0 Å². The van der Waals surface area contributed by atoms with Crippen LogP contribution in [0, 0.1) is 0 Å². The maximum Gasteiger partial charge on any atom is 0.166 e. The number of pyridine rings is 1. The molecule has 0 N–H and O–H groups in total. The van der Waals surface area contributed by atoms with Crippen LogP contribution in [0.4, 0.5) is 0 Å². The van der Waals surface area contributed by atoms with Crippen molar-refractivity contribution in [2.24, 2.45) is 0 Å². The predicted molar refractivity (Wildman–Crippen MR) is 248 cm³/mol. The van der Waals surface area contributed by atoms with Crippen LogP contribution >= 0.6 is 0 Å². The fourth-order valence-electron chi connectivity index (χ4n) is 9.06. The number of nitrogens with zero attached hydrogens (tertiary/aromatic N) is 5. The number of rotatable bonds is 6. The highest BCUT2D eigenvalue weighted by Crippen LogP contribution is 2.42. The van der Waals surface area contributed by atoms with Crippen molar-refractivity contribution >= 4 is 54.4 Å². The smallest absolute Gasteiger partial charge is 0.166 e. The molecule has 0 bridgehead atoms. The molecule has 0 spiro atoms. The van der Waals surface area contributed by atoms with Gasteiger partial charge >= 0.3 is 0 Å². The minimum Gasteiger partial charge on any atom is -0.309 e. The summed E-state index contributed by atoms with van der Waals surface area (Å²) in [5.41, 5.74) is 13.0. The summed E-state index contributed by atoms with van der Waals surface area (Å²) >= 11 is 0. The Bertz CT molecular complexity index is 3570. The highest BCUT2D eigenvalue weighted by molar-refractivity contribution is 6.22. The van der Waals surface area contributed by atoms with Gasteiger partial charge < -0.3 is 4.57 Å². The molecule has 0 atom stereocenters. The van der Waals surface area contributed by atoms with E-state index in [4.69, 9.17) is 15.0 Å². The van der Waals surface area contributed by atoms with Gasteiger partial charge in [0.15, 0.2) is 5.82 Å². The van der Waals surface area contributed by atoms with E-state index in [0.29, 0.717) is 5.69 Å². The first-order valence-corrected chi connectivity index (χ1v) is 20.3. The van der Waals surface area contributed by atoms with Crippen molar-refractivity contribution < 1.29 is 0 Å². The van der Waals surface area contributed by atoms with Crippen molar-refractivity contribution in [3.8, 4) is 56.5 Å². The fraction of sp³-hybridized carbons (Fsp3) is 0. The molecule has 0 saturated heterocycles. The van der Waals surface area contributed by atoms with Crippen LogP contribution in [0.5, 0.6) is 0 Å². The minimum absolute atomic E-state index is 0.716. The quantitative estimate of drug-likeness (QED) is 0.169. The first kappa shape index (κ1) is 33.9. The SMILES string of the molecule is c1ccc(-c2nc(-c3ccccn3)c(-n3c4ccccc4c4cc(-c5ccc6c(c5)c5c7ccccc7ccc5n6-c5ccccc5)ccc43)nc2-c2ccccc2)cc1. The van der Waals surface area contributed by atoms with Crippen LogP contribution in [-0.2, 0) is 0 Å². The van der Waals surface area contributed by atoms with E-state index in [1.54, 1.807) is 0 Å². The standard InChI is InChI=1S/C55H35N5/c1-4-17-37(18-5-1)52-53(38-19-6-2-7-20-38)58-55(54(57-52)46-25-14-15-33-56-46)60-47-26-13-12-24-43(47)44-34-39(28-30-48(44)60)40-29-31-49-45(35-40)51-42-23-11-10-16-36(42)27-32-50(51)59(49)41-21-8-3-9-22-41/h1-35H. The van der Waals surface area contributed by atoms with Gasteiger partial charge in [0.05, 0.1) is 39.1 Å². The van der Waals surface area contributed by atoms with Crippen LogP contribution in [0.1, 0.15) is 0 Å². The lowest BCUT2D eigenvalue weighted by atomic mass is 9.99. The summed E-state index contributed by atoms with van der Waals surface area (Å²) in [5.74, 6) is 0.730. The zero-order chi connectivity index (χ0) is 39.6. The number of hydrogen-bond donors (Lipinski definition) is 0. The summed E-state index contributed by atoms with van der Waals surface area (Å²) in [6.45, 7) is 0. The van der Waals surface area contributed by atoms with Crippen molar-refractivity contribution in [3.63, 3.8) is 0 Å². The largest absolute Gasteiger partial charge is 0.309 e. The monoisotopic (exact) mass is 765 g/mol. The molecule has 8 aromatic carbocycles. The van der Waals surface area contributed by atoms with Crippen LogP contribution in [0.25, 0.3) is 111 Å². The molecule has 280 valence electrons. The summed E-state index contributed by atoms with van der Waals surface area (Å²) in [6, 6.07) is 72.9. The van der Waals surface area contributed by atoms with Crippen molar-refractivity contribution in [2.45, 2.75) is 0 Å². The summed E-state index contributed by atoms with van der Waals surface area (Å²) in [6.07, 6.45) is 1.82. The Labute approximate surface area is 346 Å². The molecule has 0 aliphatic heterocycles. The maximum absolute atomic E-state index is 5.59. The third-order valence-electron chi connectivity index (χ3n) is 11.8. The van der Waals surface area contributed by atoms with Gasteiger partial charge in [-0.2, -0.15) is 0 Å². The lowest BCUT2D eigenvalue weighted by molar-refractivity contribution is 1.05. The fourth-order valence-corrected chi connectivity index (χ4v) is 9.06. The summed E-state index contributed by atoms with van der Waals surface area (Å²) in [5, 5.41) is 7.26. The van der Waals surface area contributed by atoms with E-state index in [-0.39, 0.29) is 0 Å². The van der Waals surface area contributed by atoms with Crippen LogP contribution in [-0.4, -0.2) is 24.1 Å². The van der Waals surface area contributed by atoms with E-state index in [9.17, 15) is 0 Å². The van der Waals surface area contributed by atoms with Crippen molar-refractivity contribution in [1.82, 2.24) is 24.1 Å². The van der Waals surface area contributed by atoms with Gasteiger partial charge in [0.2, 0.25) is 0 Å². The first-order valence-electron chi connectivity index (χ1n) is 20.3. The molecule has 0 unspecified atom stereocenters. The normalized spacial score (nSPS) is 11.7. The van der Waals surface area contributed by atoms with Gasteiger partial charge in [-0.15, -0.1) is 0 Å². The molecular formula is C55H35N5. The Hall–Kier alpha value is -8.15.